The van der Waals surface area contributed by atoms with Gasteiger partial charge in [-0.15, -0.1) is 0 Å². The van der Waals surface area contributed by atoms with Crippen molar-refractivity contribution in [2.24, 2.45) is 0 Å². The van der Waals surface area contributed by atoms with E-state index in [4.69, 9.17) is 0 Å². The van der Waals surface area contributed by atoms with Gasteiger partial charge in [-0.05, 0) is 51.3 Å². The molecule has 0 saturated carbocycles. The van der Waals surface area contributed by atoms with Gasteiger partial charge in [-0.1, -0.05) is 19.1 Å². The van der Waals surface area contributed by atoms with Crippen LogP contribution in [0.2, 0.25) is 0 Å². The minimum absolute atomic E-state index is 0.0455. The summed E-state index contributed by atoms with van der Waals surface area (Å²) in [5.74, 6) is -0.248. The molecule has 0 unspecified atom stereocenters. The zero-order valence-electron chi connectivity index (χ0n) is 16.2. The average Bonchev–Trinajstić information content (AvgIpc) is 3.05. The summed E-state index contributed by atoms with van der Waals surface area (Å²) in [6.45, 7) is 7.97. The fourth-order valence-electron chi connectivity index (χ4n) is 3.16. The van der Waals surface area contributed by atoms with Crippen LogP contribution < -0.4 is 5.32 Å². The van der Waals surface area contributed by atoms with Crippen LogP contribution in [-0.4, -0.2) is 26.5 Å². The van der Waals surface area contributed by atoms with Gasteiger partial charge >= 0.3 is 0 Å². The molecule has 3 rings (SSSR count). The summed E-state index contributed by atoms with van der Waals surface area (Å²) in [4.78, 5) is 16.7. The topological polar surface area (TPSA) is 59.3 Å². The van der Waals surface area contributed by atoms with Gasteiger partial charge in [0.25, 0.3) is 0 Å². The Kier molecular flexibility index (Phi) is 5.54. The number of benzene rings is 1. The van der Waals surface area contributed by atoms with E-state index in [0.717, 1.165) is 29.0 Å². The normalized spacial score (nSPS) is 12.3. The molecule has 1 amide bonds. The molecule has 27 heavy (non-hydrogen) atoms. The Bertz CT molecular complexity index is 980. The molecule has 0 aliphatic heterocycles. The quantitative estimate of drug-likeness (QED) is 0.715. The van der Waals surface area contributed by atoms with E-state index in [1.165, 1.54) is 12.1 Å². The maximum Gasteiger partial charge on any atom is 0.220 e. The van der Waals surface area contributed by atoms with Gasteiger partial charge in [0.2, 0.25) is 5.91 Å². The fraction of sp³-hybridized carbons (Fsp3) is 0.381. The lowest BCUT2D eigenvalue weighted by molar-refractivity contribution is -0.121. The number of hydrogen-bond acceptors (Lipinski definition) is 3. The van der Waals surface area contributed by atoms with E-state index in [-0.39, 0.29) is 17.8 Å². The van der Waals surface area contributed by atoms with Crippen LogP contribution in [0.15, 0.2) is 30.3 Å². The molecule has 0 aliphatic rings. The zero-order chi connectivity index (χ0) is 19.6. The second-order valence-corrected chi connectivity index (χ2v) is 6.95. The molecule has 0 aliphatic carbocycles. The van der Waals surface area contributed by atoms with Gasteiger partial charge in [-0.25, -0.2) is 13.9 Å². The highest BCUT2D eigenvalue weighted by Crippen LogP contribution is 2.23. The molecule has 1 N–H and O–H groups in total. The number of carbonyl (C=O) groups is 1. The summed E-state index contributed by atoms with van der Waals surface area (Å²) < 4.78 is 15.3. The Labute approximate surface area is 158 Å². The Morgan fingerprint density at radius 3 is 2.78 bits per heavy atom. The standard InChI is InChI=1S/C21H25FN4O/c1-5-13(2)23-21(27)10-9-18-14(3)24-20-12-19(25-26(20)15(18)4)16-7-6-8-17(22)11-16/h6-8,11-13H,5,9-10H2,1-4H3,(H,23,27)/t13-/m1/s1. The first-order valence-corrected chi connectivity index (χ1v) is 9.30. The van der Waals surface area contributed by atoms with Crippen molar-refractivity contribution in [3.8, 4) is 11.3 Å². The summed E-state index contributed by atoms with van der Waals surface area (Å²) in [7, 11) is 0. The maximum atomic E-state index is 13.5. The maximum absolute atomic E-state index is 13.5. The molecule has 5 nitrogen and oxygen atoms in total. The number of aromatic nitrogens is 3. The van der Waals surface area contributed by atoms with Gasteiger partial charge in [0.05, 0.1) is 5.69 Å². The van der Waals surface area contributed by atoms with E-state index in [1.54, 1.807) is 10.6 Å². The van der Waals surface area contributed by atoms with Crippen LogP contribution in [0.5, 0.6) is 0 Å². The molecule has 1 atom stereocenters. The molecular weight excluding hydrogens is 343 g/mol. The van der Waals surface area contributed by atoms with Crippen LogP contribution >= 0.6 is 0 Å². The largest absolute Gasteiger partial charge is 0.354 e. The third-order valence-electron chi connectivity index (χ3n) is 4.91. The van der Waals surface area contributed by atoms with Crippen LogP contribution in [0.3, 0.4) is 0 Å². The molecule has 0 radical (unpaired) electrons. The molecule has 0 bridgehead atoms. The monoisotopic (exact) mass is 368 g/mol. The summed E-state index contributed by atoms with van der Waals surface area (Å²) in [6.07, 6.45) is 1.93. The number of nitrogens with zero attached hydrogens (tertiary/aromatic N) is 3. The summed E-state index contributed by atoms with van der Waals surface area (Å²) in [6, 6.07) is 8.41. The molecule has 0 fully saturated rings. The highest BCUT2D eigenvalue weighted by molar-refractivity contribution is 5.76. The third kappa shape index (κ3) is 4.15. The third-order valence-corrected chi connectivity index (χ3v) is 4.91. The molecule has 2 aromatic heterocycles. The summed E-state index contributed by atoms with van der Waals surface area (Å²) in [5, 5.41) is 7.59. The van der Waals surface area contributed by atoms with Crippen molar-refractivity contribution in [1.82, 2.24) is 19.9 Å². The SMILES string of the molecule is CC[C@@H](C)NC(=O)CCc1c(C)nc2cc(-c3cccc(F)c3)nn2c1C. The summed E-state index contributed by atoms with van der Waals surface area (Å²) >= 11 is 0. The van der Waals surface area contributed by atoms with Crippen molar-refractivity contribution in [3.05, 3.63) is 53.1 Å². The molecule has 0 spiro atoms. The number of rotatable bonds is 6. The predicted molar refractivity (Wildman–Crippen MR) is 104 cm³/mol. The Morgan fingerprint density at radius 1 is 1.30 bits per heavy atom. The molecular formula is C21H25FN4O. The van der Waals surface area contributed by atoms with Gasteiger partial charge in [0.1, 0.15) is 5.82 Å². The molecule has 142 valence electrons. The number of fused-ring (bicyclic) bond motifs is 1. The first kappa shape index (κ1) is 19.0. The van der Waals surface area contributed by atoms with Gasteiger partial charge in [-0.2, -0.15) is 5.10 Å². The van der Waals surface area contributed by atoms with Crippen molar-refractivity contribution in [3.63, 3.8) is 0 Å². The highest BCUT2D eigenvalue weighted by atomic mass is 19.1. The van der Waals surface area contributed by atoms with Gasteiger partial charge in [0, 0.05) is 35.5 Å². The molecule has 0 saturated heterocycles. The van der Waals surface area contributed by atoms with E-state index in [1.807, 2.05) is 39.8 Å². The van der Waals surface area contributed by atoms with E-state index >= 15 is 0 Å². The van der Waals surface area contributed by atoms with Crippen LogP contribution in [0, 0.1) is 19.7 Å². The number of aryl methyl sites for hydroxylation is 2. The Balaban J connectivity index is 1.88. The molecule has 6 heteroatoms. The number of carbonyl (C=O) groups excluding carboxylic acids is 1. The number of nitrogens with one attached hydrogen (secondary N) is 1. The number of hydrogen-bond donors (Lipinski definition) is 1. The Morgan fingerprint density at radius 2 is 2.07 bits per heavy atom. The molecule has 1 aromatic carbocycles. The molecule has 2 heterocycles. The van der Waals surface area contributed by atoms with Crippen LogP contribution in [-0.2, 0) is 11.2 Å². The van der Waals surface area contributed by atoms with Crippen molar-refractivity contribution in [2.45, 2.75) is 53.0 Å². The van der Waals surface area contributed by atoms with E-state index in [2.05, 4.69) is 15.4 Å². The van der Waals surface area contributed by atoms with Crippen molar-refractivity contribution in [2.75, 3.05) is 0 Å². The predicted octanol–water partition coefficient (Wildman–Crippen LogP) is 4.00. The van der Waals surface area contributed by atoms with Gasteiger partial charge in [0.15, 0.2) is 5.65 Å². The minimum Gasteiger partial charge on any atom is -0.354 e. The lowest BCUT2D eigenvalue weighted by Gasteiger charge is -2.13. The van der Waals surface area contributed by atoms with E-state index < -0.39 is 0 Å². The second kappa shape index (κ2) is 7.86. The minimum atomic E-state index is -0.293. The smallest absolute Gasteiger partial charge is 0.220 e. The zero-order valence-corrected chi connectivity index (χ0v) is 16.2. The Hall–Kier alpha value is -2.76. The van der Waals surface area contributed by atoms with E-state index in [0.29, 0.717) is 24.1 Å². The number of amides is 1. The molecule has 3 aromatic rings. The average molecular weight is 368 g/mol. The van der Waals surface area contributed by atoms with Crippen molar-refractivity contribution >= 4 is 11.6 Å². The van der Waals surface area contributed by atoms with Crippen molar-refractivity contribution in [1.29, 1.82) is 0 Å². The van der Waals surface area contributed by atoms with E-state index in [9.17, 15) is 9.18 Å². The lowest BCUT2D eigenvalue weighted by atomic mass is 10.1. The van der Waals surface area contributed by atoms with Gasteiger partial charge in [-0.3, -0.25) is 4.79 Å². The van der Waals surface area contributed by atoms with Crippen LogP contribution in [0.1, 0.15) is 43.6 Å². The summed E-state index contributed by atoms with van der Waals surface area (Å²) in [5.41, 5.74) is 4.98. The fourth-order valence-corrected chi connectivity index (χ4v) is 3.16. The lowest BCUT2D eigenvalue weighted by Crippen LogP contribution is -2.32. The second-order valence-electron chi connectivity index (χ2n) is 6.95. The first-order valence-electron chi connectivity index (χ1n) is 9.30. The van der Waals surface area contributed by atoms with Crippen molar-refractivity contribution < 1.29 is 9.18 Å². The van der Waals surface area contributed by atoms with Gasteiger partial charge < -0.3 is 5.32 Å². The number of halogens is 1. The highest BCUT2D eigenvalue weighted by Gasteiger charge is 2.15. The first-order chi connectivity index (χ1) is 12.9. The van der Waals surface area contributed by atoms with Crippen LogP contribution in [0.4, 0.5) is 4.39 Å². The van der Waals surface area contributed by atoms with Crippen LogP contribution in [0.25, 0.3) is 16.9 Å².